The van der Waals surface area contributed by atoms with Gasteiger partial charge in [-0.25, -0.2) is 9.78 Å². The molecule has 2 heterocycles. The highest BCUT2D eigenvalue weighted by molar-refractivity contribution is 5.88. The van der Waals surface area contributed by atoms with Gasteiger partial charge in [0.05, 0.1) is 25.5 Å². The number of hydrogen-bond donors (Lipinski definition) is 1. The predicted octanol–water partition coefficient (Wildman–Crippen LogP) is 0.0403. The Hall–Kier alpha value is -2.64. The van der Waals surface area contributed by atoms with Crippen LogP contribution in [0.2, 0.25) is 0 Å². The van der Waals surface area contributed by atoms with Gasteiger partial charge in [-0.15, -0.1) is 0 Å². The number of rotatable bonds is 4. The van der Waals surface area contributed by atoms with Crippen LogP contribution in [0.1, 0.15) is 21.7 Å². The monoisotopic (exact) mass is 278 g/mol. The van der Waals surface area contributed by atoms with E-state index >= 15 is 0 Å². The lowest BCUT2D eigenvalue weighted by atomic mass is 10.2. The van der Waals surface area contributed by atoms with Gasteiger partial charge in [-0.05, 0) is 6.92 Å². The fraction of sp³-hybridized carbons (Fsp3) is 0.333. The summed E-state index contributed by atoms with van der Waals surface area (Å²) in [5.74, 6) is -1.10. The molecule has 8 nitrogen and oxygen atoms in total. The van der Waals surface area contributed by atoms with Gasteiger partial charge in [0.25, 0.3) is 11.6 Å². The minimum Gasteiger partial charge on any atom is -0.478 e. The first-order valence-corrected chi connectivity index (χ1v) is 5.80. The van der Waals surface area contributed by atoms with Gasteiger partial charge >= 0.3 is 5.97 Å². The van der Waals surface area contributed by atoms with Crippen LogP contribution in [0.15, 0.2) is 17.1 Å². The van der Waals surface area contributed by atoms with Crippen LogP contribution in [0.4, 0.5) is 0 Å². The molecule has 8 heteroatoms. The van der Waals surface area contributed by atoms with Gasteiger partial charge < -0.3 is 9.84 Å². The molecule has 2 aromatic rings. The number of nitrogens with zero attached hydrogens (tertiary/aromatic N) is 4. The van der Waals surface area contributed by atoms with Gasteiger partial charge in [0.15, 0.2) is 0 Å². The van der Waals surface area contributed by atoms with Crippen LogP contribution < -0.4 is 10.3 Å². The number of hydrogen-bond acceptors (Lipinski definition) is 5. The predicted molar refractivity (Wildman–Crippen MR) is 69.1 cm³/mol. The second-order valence-electron chi connectivity index (χ2n) is 4.24. The molecule has 20 heavy (non-hydrogen) atoms. The van der Waals surface area contributed by atoms with E-state index in [0.717, 1.165) is 0 Å². The van der Waals surface area contributed by atoms with Crippen molar-refractivity contribution in [2.24, 2.45) is 7.05 Å². The van der Waals surface area contributed by atoms with Gasteiger partial charge in [0.1, 0.15) is 5.56 Å². The van der Waals surface area contributed by atoms with Crippen molar-refractivity contribution in [2.45, 2.75) is 13.5 Å². The van der Waals surface area contributed by atoms with E-state index in [2.05, 4.69) is 10.1 Å². The Morgan fingerprint density at radius 3 is 2.80 bits per heavy atom. The average molecular weight is 278 g/mol. The Kier molecular flexibility index (Phi) is 3.55. The summed E-state index contributed by atoms with van der Waals surface area (Å²) in [4.78, 5) is 27.2. The normalized spacial score (nSPS) is 10.6. The topological polar surface area (TPSA) is 99.2 Å². The minimum atomic E-state index is -1.10. The number of carboxylic acids is 1. The lowest BCUT2D eigenvalue weighted by Crippen LogP contribution is -2.25. The average Bonchev–Trinajstić information content (AvgIpc) is 2.74. The third kappa shape index (κ3) is 2.40. The molecule has 0 spiro atoms. The van der Waals surface area contributed by atoms with Gasteiger partial charge in [0, 0.05) is 18.8 Å². The first-order chi connectivity index (χ1) is 9.43. The summed E-state index contributed by atoms with van der Waals surface area (Å²) in [6.07, 6.45) is 1.25. The lowest BCUT2D eigenvalue weighted by molar-refractivity contribution is 0.0695. The van der Waals surface area contributed by atoms with Gasteiger partial charge in [-0.3, -0.25) is 14.0 Å². The van der Waals surface area contributed by atoms with Gasteiger partial charge in [-0.1, -0.05) is 0 Å². The fourth-order valence-electron chi connectivity index (χ4n) is 1.87. The summed E-state index contributed by atoms with van der Waals surface area (Å²) >= 11 is 0. The molecule has 0 saturated heterocycles. The number of aryl methyl sites for hydroxylation is 2. The fourth-order valence-corrected chi connectivity index (χ4v) is 1.87. The summed E-state index contributed by atoms with van der Waals surface area (Å²) in [5, 5.41) is 13.0. The number of carbonyl (C=O) groups is 1. The van der Waals surface area contributed by atoms with E-state index < -0.39 is 5.97 Å². The molecule has 0 atom stereocenters. The summed E-state index contributed by atoms with van der Waals surface area (Å²) in [6, 6.07) is 1.49. The Bertz CT molecular complexity index is 717. The zero-order chi connectivity index (χ0) is 14.9. The zero-order valence-electron chi connectivity index (χ0n) is 11.3. The van der Waals surface area contributed by atoms with E-state index in [1.165, 1.54) is 28.6 Å². The molecular weight excluding hydrogens is 264 g/mol. The molecule has 0 fully saturated rings. The second kappa shape index (κ2) is 5.16. The van der Waals surface area contributed by atoms with E-state index in [-0.39, 0.29) is 23.7 Å². The highest BCUT2D eigenvalue weighted by Gasteiger charge is 2.18. The third-order valence-corrected chi connectivity index (χ3v) is 2.88. The Balaban J connectivity index is 2.53. The SMILES string of the molecule is COc1nc(C)cc(=O)n1Cc1c(C(=O)O)cnn1C. The molecule has 0 saturated carbocycles. The van der Waals surface area contributed by atoms with E-state index in [4.69, 9.17) is 9.84 Å². The number of aromatic nitrogens is 4. The van der Waals surface area contributed by atoms with E-state index in [9.17, 15) is 9.59 Å². The largest absolute Gasteiger partial charge is 0.478 e. The number of carboxylic acid groups (broad SMARTS) is 1. The highest BCUT2D eigenvalue weighted by atomic mass is 16.5. The zero-order valence-corrected chi connectivity index (χ0v) is 11.3. The molecule has 2 rings (SSSR count). The molecule has 0 aliphatic rings. The van der Waals surface area contributed by atoms with Crippen LogP contribution in [0.3, 0.4) is 0 Å². The maximum Gasteiger partial charge on any atom is 0.339 e. The van der Waals surface area contributed by atoms with E-state index in [1.807, 2.05) is 0 Å². The molecule has 0 aliphatic heterocycles. The highest BCUT2D eigenvalue weighted by Crippen LogP contribution is 2.12. The molecule has 0 bridgehead atoms. The molecule has 0 aliphatic carbocycles. The standard InChI is InChI=1S/C12H14N4O4/c1-7-4-10(17)16(12(14-7)20-3)6-9-8(11(18)19)5-13-15(9)2/h4-5H,6H2,1-3H3,(H,18,19). The van der Waals surface area contributed by atoms with Gasteiger partial charge in [-0.2, -0.15) is 5.10 Å². The van der Waals surface area contributed by atoms with E-state index in [1.54, 1.807) is 14.0 Å². The molecule has 0 unspecified atom stereocenters. The molecule has 2 aromatic heterocycles. The Labute approximate surface area is 114 Å². The van der Waals surface area contributed by atoms with Crippen molar-refractivity contribution in [1.82, 2.24) is 19.3 Å². The van der Waals surface area contributed by atoms with Crippen molar-refractivity contribution in [1.29, 1.82) is 0 Å². The van der Waals surface area contributed by atoms with Crippen molar-refractivity contribution >= 4 is 5.97 Å². The molecule has 106 valence electrons. The van der Waals surface area contributed by atoms with Crippen LogP contribution in [-0.2, 0) is 13.6 Å². The maximum atomic E-state index is 12.0. The van der Waals surface area contributed by atoms with Crippen molar-refractivity contribution in [3.63, 3.8) is 0 Å². The minimum absolute atomic E-state index is 0.0212. The molecule has 1 N–H and O–H groups in total. The smallest absolute Gasteiger partial charge is 0.339 e. The second-order valence-corrected chi connectivity index (χ2v) is 4.24. The molecular formula is C12H14N4O4. The Morgan fingerprint density at radius 1 is 1.50 bits per heavy atom. The quantitative estimate of drug-likeness (QED) is 0.847. The van der Waals surface area contributed by atoms with Crippen molar-refractivity contribution in [3.05, 3.63) is 39.6 Å². The summed E-state index contributed by atoms with van der Waals surface area (Å²) in [5.41, 5.74) is 0.657. The van der Waals surface area contributed by atoms with Crippen LogP contribution in [0.5, 0.6) is 6.01 Å². The summed E-state index contributed by atoms with van der Waals surface area (Å²) < 4.78 is 7.74. The van der Waals surface area contributed by atoms with Crippen LogP contribution >= 0.6 is 0 Å². The van der Waals surface area contributed by atoms with E-state index in [0.29, 0.717) is 11.4 Å². The first kappa shape index (κ1) is 13.8. The maximum absolute atomic E-state index is 12.0. The summed E-state index contributed by atoms with van der Waals surface area (Å²) in [7, 11) is 3.01. The van der Waals surface area contributed by atoms with Crippen LogP contribution in [-0.4, -0.2) is 37.5 Å². The molecule has 0 radical (unpaired) electrons. The number of aromatic carboxylic acids is 1. The third-order valence-electron chi connectivity index (χ3n) is 2.88. The number of methoxy groups -OCH3 is 1. The summed E-state index contributed by atoms with van der Waals surface area (Å²) in [6.45, 7) is 1.70. The van der Waals surface area contributed by atoms with Crippen LogP contribution in [0, 0.1) is 6.92 Å². The first-order valence-electron chi connectivity index (χ1n) is 5.80. The van der Waals surface area contributed by atoms with Crippen molar-refractivity contribution in [3.8, 4) is 6.01 Å². The van der Waals surface area contributed by atoms with Crippen LogP contribution in [0.25, 0.3) is 0 Å². The lowest BCUT2D eigenvalue weighted by Gasteiger charge is -2.11. The van der Waals surface area contributed by atoms with Gasteiger partial charge in [0.2, 0.25) is 0 Å². The van der Waals surface area contributed by atoms with Crippen molar-refractivity contribution < 1.29 is 14.6 Å². The molecule has 0 amide bonds. The van der Waals surface area contributed by atoms with Crippen molar-refractivity contribution in [2.75, 3.05) is 7.11 Å². The molecule has 0 aromatic carbocycles. The number of ether oxygens (including phenoxy) is 1. The Morgan fingerprint density at radius 2 is 2.20 bits per heavy atom.